The van der Waals surface area contributed by atoms with E-state index in [2.05, 4.69) is 15.9 Å². The molecule has 0 fully saturated rings. The molecular formula is C10H8BrF3O2. The van der Waals surface area contributed by atoms with Gasteiger partial charge in [0.1, 0.15) is 5.82 Å². The lowest BCUT2D eigenvalue weighted by Crippen LogP contribution is -2.17. The van der Waals surface area contributed by atoms with E-state index < -0.39 is 36.1 Å². The van der Waals surface area contributed by atoms with Crippen LogP contribution in [0.1, 0.15) is 18.4 Å². The molecule has 1 aromatic rings. The summed E-state index contributed by atoms with van der Waals surface area (Å²) in [4.78, 5) is 10.2. The molecule has 1 aromatic carbocycles. The molecule has 16 heavy (non-hydrogen) atoms. The van der Waals surface area contributed by atoms with Crippen molar-refractivity contribution in [3.05, 3.63) is 34.1 Å². The summed E-state index contributed by atoms with van der Waals surface area (Å²) in [7, 11) is 0. The molecule has 88 valence electrons. The topological polar surface area (TPSA) is 37.3 Å². The smallest absolute Gasteiger partial charge is 0.303 e. The molecule has 0 heterocycles. The molecule has 0 amide bonds. The van der Waals surface area contributed by atoms with Crippen molar-refractivity contribution in [2.24, 2.45) is 0 Å². The Morgan fingerprint density at radius 3 is 2.62 bits per heavy atom. The second kappa shape index (κ2) is 4.86. The van der Waals surface area contributed by atoms with Gasteiger partial charge in [-0.3, -0.25) is 4.79 Å². The Labute approximate surface area is 98.2 Å². The van der Waals surface area contributed by atoms with E-state index in [0.29, 0.717) is 4.47 Å². The maximum Gasteiger partial charge on any atom is 0.303 e. The van der Waals surface area contributed by atoms with Gasteiger partial charge in [0.05, 0.1) is 12.0 Å². The molecule has 1 N–H and O–H groups in total. The SMILES string of the molecule is O=C(O)CCC(F)(F)c1cc(Br)ccc1F. The number of hydrogen-bond donors (Lipinski definition) is 1. The number of aliphatic carboxylic acids is 1. The van der Waals surface area contributed by atoms with E-state index in [1.807, 2.05) is 0 Å². The minimum Gasteiger partial charge on any atom is -0.481 e. The number of rotatable bonds is 4. The normalized spacial score (nSPS) is 11.5. The predicted molar refractivity (Wildman–Crippen MR) is 54.9 cm³/mol. The molecule has 0 unspecified atom stereocenters. The maximum atomic E-state index is 13.4. The number of alkyl halides is 2. The molecule has 0 aliphatic rings. The highest BCUT2D eigenvalue weighted by molar-refractivity contribution is 9.10. The van der Waals surface area contributed by atoms with Crippen LogP contribution >= 0.6 is 15.9 Å². The van der Waals surface area contributed by atoms with Crippen molar-refractivity contribution < 1.29 is 23.1 Å². The third kappa shape index (κ3) is 3.23. The van der Waals surface area contributed by atoms with Crippen LogP contribution < -0.4 is 0 Å². The summed E-state index contributed by atoms with van der Waals surface area (Å²) in [6, 6.07) is 3.16. The summed E-state index contributed by atoms with van der Waals surface area (Å²) in [6.45, 7) is 0. The highest BCUT2D eigenvalue weighted by Gasteiger charge is 2.34. The molecule has 0 aromatic heterocycles. The molecule has 0 aliphatic heterocycles. The van der Waals surface area contributed by atoms with Crippen molar-refractivity contribution in [1.82, 2.24) is 0 Å². The van der Waals surface area contributed by atoms with Gasteiger partial charge in [-0.2, -0.15) is 0 Å². The van der Waals surface area contributed by atoms with Crippen molar-refractivity contribution >= 4 is 21.9 Å². The van der Waals surface area contributed by atoms with Gasteiger partial charge in [-0.1, -0.05) is 15.9 Å². The fraction of sp³-hybridized carbons (Fsp3) is 0.300. The number of carboxylic acid groups (broad SMARTS) is 1. The summed E-state index contributed by atoms with van der Waals surface area (Å²) in [5.41, 5.74) is -0.789. The van der Waals surface area contributed by atoms with Crippen LogP contribution in [0.15, 0.2) is 22.7 Å². The van der Waals surface area contributed by atoms with Gasteiger partial charge in [-0.15, -0.1) is 0 Å². The Morgan fingerprint density at radius 1 is 1.44 bits per heavy atom. The van der Waals surface area contributed by atoms with E-state index in [1.54, 1.807) is 0 Å². The lowest BCUT2D eigenvalue weighted by atomic mass is 10.0. The Kier molecular flexibility index (Phi) is 3.96. The lowest BCUT2D eigenvalue weighted by molar-refractivity contribution is -0.139. The monoisotopic (exact) mass is 296 g/mol. The second-order valence-corrected chi connectivity index (χ2v) is 4.14. The number of carbonyl (C=O) groups is 1. The first kappa shape index (κ1) is 13.0. The van der Waals surface area contributed by atoms with Crippen molar-refractivity contribution in [3.8, 4) is 0 Å². The standard InChI is InChI=1S/C10H8BrF3O2/c11-6-1-2-8(12)7(5-6)10(13,14)4-3-9(15)16/h1-2,5H,3-4H2,(H,15,16). The third-order valence-electron chi connectivity index (χ3n) is 1.98. The van der Waals surface area contributed by atoms with Gasteiger partial charge >= 0.3 is 5.97 Å². The minimum absolute atomic E-state index is 0.318. The number of benzene rings is 1. The molecular weight excluding hydrogens is 289 g/mol. The number of halogens is 4. The Balaban J connectivity index is 2.96. The zero-order chi connectivity index (χ0) is 12.3. The number of hydrogen-bond acceptors (Lipinski definition) is 1. The average molecular weight is 297 g/mol. The van der Waals surface area contributed by atoms with Gasteiger partial charge in [0, 0.05) is 10.9 Å². The van der Waals surface area contributed by atoms with Crippen molar-refractivity contribution in [1.29, 1.82) is 0 Å². The predicted octanol–water partition coefficient (Wildman–Crippen LogP) is 3.54. The molecule has 0 saturated carbocycles. The van der Waals surface area contributed by atoms with E-state index in [1.165, 1.54) is 6.07 Å². The van der Waals surface area contributed by atoms with E-state index in [0.717, 1.165) is 12.1 Å². The second-order valence-electron chi connectivity index (χ2n) is 3.22. The van der Waals surface area contributed by atoms with Crippen LogP contribution in [0.4, 0.5) is 13.2 Å². The summed E-state index contributed by atoms with van der Waals surface area (Å²) < 4.78 is 40.3. The average Bonchev–Trinajstić information content (AvgIpc) is 2.19. The fourth-order valence-corrected chi connectivity index (χ4v) is 1.54. The van der Waals surface area contributed by atoms with Crippen LogP contribution in [0.2, 0.25) is 0 Å². The van der Waals surface area contributed by atoms with Crippen molar-refractivity contribution in [2.75, 3.05) is 0 Å². The highest BCUT2D eigenvalue weighted by Crippen LogP contribution is 2.35. The molecule has 0 atom stereocenters. The van der Waals surface area contributed by atoms with Crippen molar-refractivity contribution in [2.45, 2.75) is 18.8 Å². The van der Waals surface area contributed by atoms with Crippen LogP contribution in [0.3, 0.4) is 0 Å². The first-order valence-electron chi connectivity index (χ1n) is 4.38. The first-order valence-corrected chi connectivity index (χ1v) is 5.17. The summed E-state index contributed by atoms with van der Waals surface area (Å²) in [6.07, 6.45) is -1.63. The van der Waals surface area contributed by atoms with Gasteiger partial charge in [-0.25, -0.2) is 13.2 Å². The molecule has 2 nitrogen and oxygen atoms in total. The van der Waals surface area contributed by atoms with Crippen LogP contribution in [-0.4, -0.2) is 11.1 Å². The van der Waals surface area contributed by atoms with Crippen LogP contribution in [0.25, 0.3) is 0 Å². The molecule has 0 spiro atoms. The summed E-state index contributed by atoms with van der Waals surface area (Å²) >= 11 is 2.95. The Hall–Kier alpha value is -1.04. The van der Waals surface area contributed by atoms with E-state index in [-0.39, 0.29) is 0 Å². The number of carboxylic acids is 1. The third-order valence-corrected chi connectivity index (χ3v) is 2.47. The molecule has 0 radical (unpaired) electrons. The zero-order valence-corrected chi connectivity index (χ0v) is 9.60. The molecule has 6 heteroatoms. The van der Waals surface area contributed by atoms with Gasteiger partial charge in [0.25, 0.3) is 5.92 Å². The van der Waals surface area contributed by atoms with Crippen LogP contribution in [0, 0.1) is 5.82 Å². The molecule has 0 aliphatic carbocycles. The summed E-state index contributed by atoms with van der Waals surface area (Å²) in [5.74, 6) is -5.86. The van der Waals surface area contributed by atoms with Crippen LogP contribution in [-0.2, 0) is 10.7 Å². The minimum atomic E-state index is -3.48. The van der Waals surface area contributed by atoms with E-state index in [9.17, 15) is 18.0 Å². The largest absolute Gasteiger partial charge is 0.481 e. The quantitative estimate of drug-likeness (QED) is 0.923. The lowest BCUT2D eigenvalue weighted by Gasteiger charge is -2.16. The highest BCUT2D eigenvalue weighted by atomic mass is 79.9. The zero-order valence-electron chi connectivity index (χ0n) is 8.01. The van der Waals surface area contributed by atoms with Crippen molar-refractivity contribution in [3.63, 3.8) is 0 Å². The molecule has 0 bridgehead atoms. The van der Waals surface area contributed by atoms with Gasteiger partial charge in [-0.05, 0) is 18.2 Å². The van der Waals surface area contributed by atoms with E-state index in [4.69, 9.17) is 5.11 Å². The van der Waals surface area contributed by atoms with Gasteiger partial charge in [0.15, 0.2) is 0 Å². The first-order chi connectivity index (χ1) is 7.33. The van der Waals surface area contributed by atoms with Gasteiger partial charge < -0.3 is 5.11 Å². The molecule has 1 rings (SSSR count). The molecule has 0 saturated heterocycles. The Bertz CT molecular complexity index is 407. The Morgan fingerprint density at radius 2 is 2.06 bits per heavy atom. The van der Waals surface area contributed by atoms with E-state index >= 15 is 0 Å². The summed E-state index contributed by atoms with van der Waals surface area (Å²) in [5, 5.41) is 8.31. The van der Waals surface area contributed by atoms with Gasteiger partial charge in [0.2, 0.25) is 0 Å². The van der Waals surface area contributed by atoms with Crippen LogP contribution in [0.5, 0.6) is 0 Å². The maximum absolute atomic E-state index is 13.4. The fourth-order valence-electron chi connectivity index (χ4n) is 1.18.